The van der Waals surface area contributed by atoms with Crippen LogP contribution in [0.4, 0.5) is 0 Å². The lowest BCUT2D eigenvalue weighted by Crippen LogP contribution is -2.52. The predicted molar refractivity (Wildman–Crippen MR) is 117 cm³/mol. The second-order valence-electron chi connectivity index (χ2n) is 6.87. The summed E-state index contributed by atoms with van der Waals surface area (Å²) < 4.78 is 0. The lowest BCUT2D eigenvalue weighted by molar-refractivity contribution is -0.142. The predicted octanol–water partition coefficient (Wildman–Crippen LogP) is 2.77. The molecular formula is C21H22N2O5S2. The lowest BCUT2D eigenvalue weighted by Gasteiger charge is -2.23. The molecule has 0 spiro atoms. The molecule has 1 aliphatic rings. The molecule has 0 aliphatic carbocycles. The van der Waals surface area contributed by atoms with Gasteiger partial charge in [0.25, 0.3) is 5.91 Å². The number of hydrogen-bond acceptors (Lipinski definition) is 6. The highest BCUT2D eigenvalue weighted by atomic mass is 32.2. The Labute approximate surface area is 182 Å². The van der Waals surface area contributed by atoms with E-state index in [0.29, 0.717) is 16.9 Å². The monoisotopic (exact) mass is 446 g/mol. The highest BCUT2D eigenvalue weighted by Gasteiger charge is 2.29. The Morgan fingerprint density at radius 2 is 1.87 bits per heavy atom. The number of phenolic OH excluding ortho intramolecular Hbond substituents is 1. The number of nitrogens with one attached hydrogen (secondary N) is 2. The number of thioether (sulfide) groups is 1. The van der Waals surface area contributed by atoms with Crippen molar-refractivity contribution in [1.29, 1.82) is 0 Å². The van der Waals surface area contributed by atoms with Crippen LogP contribution in [0.5, 0.6) is 5.75 Å². The number of thiophene rings is 1. The zero-order valence-electron chi connectivity index (χ0n) is 16.0. The molecule has 3 rings (SSSR count). The van der Waals surface area contributed by atoms with Crippen molar-refractivity contribution in [3.05, 3.63) is 63.7 Å². The summed E-state index contributed by atoms with van der Waals surface area (Å²) in [6, 6.07) is 7.56. The summed E-state index contributed by atoms with van der Waals surface area (Å²) >= 11 is 2.87. The quantitative estimate of drug-likeness (QED) is 0.471. The van der Waals surface area contributed by atoms with Gasteiger partial charge in [0.2, 0.25) is 5.91 Å². The number of amides is 2. The summed E-state index contributed by atoms with van der Waals surface area (Å²) in [7, 11) is 0. The maximum atomic E-state index is 12.9. The number of hydrogen-bond donors (Lipinski definition) is 4. The van der Waals surface area contributed by atoms with Crippen LogP contribution in [-0.2, 0) is 16.0 Å². The maximum absolute atomic E-state index is 12.9. The second-order valence-corrected chi connectivity index (χ2v) is 9.03. The van der Waals surface area contributed by atoms with Crippen LogP contribution in [0.25, 0.3) is 0 Å². The van der Waals surface area contributed by atoms with Gasteiger partial charge < -0.3 is 20.8 Å². The largest absolute Gasteiger partial charge is 0.508 e. The molecule has 2 aromatic rings. The molecule has 0 bridgehead atoms. The topological polar surface area (TPSA) is 116 Å². The molecule has 0 fully saturated rings. The molecule has 7 nitrogen and oxygen atoms in total. The number of aromatic hydroxyl groups is 1. The average Bonchev–Trinajstić information content (AvgIpc) is 3.42. The minimum atomic E-state index is -1.17. The highest BCUT2D eigenvalue weighted by molar-refractivity contribution is 8.03. The maximum Gasteiger partial charge on any atom is 0.326 e. The molecule has 158 valence electrons. The number of aliphatic carboxylic acids is 1. The van der Waals surface area contributed by atoms with Crippen LogP contribution < -0.4 is 10.6 Å². The van der Waals surface area contributed by atoms with Gasteiger partial charge in [0, 0.05) is 11.7 Å². The number of carboxylic acids is 1. The van der Waals surface area contributed by atoms with E-state index >= 15 is 0 Å². The van der Waals surface area contributed by atoms with Crippen molar-refractivity contribution in [3.63, 3.8) is 0 Å². The molecule has 2 heterocycles. The molecule has 1 aromatic heterocycles. The summed E-state index contributed by atoms with van der Waals surface area (Å²) in [6.45, 7) is 0. The Balaban J connectivity index is 1.69. The average molecular weight is 447 g/mol. The van der Waals surface area contributed by atoms with Gasteiger partial charge in [-0.15, -0.1) is 23.1 Å². The Kier molecular flexibility index (Phi) is 7.53. The Hall–Kier alpha value is -2.78. The van der Waals surface area contributed by atoms with Crippen molar-refractivity contribution in [2.75, 3.05) is 0 Å². The summed E-state index contributed by atoms with van der Waals surface area (Å²) in [4.78, 5) is 37.6. The van der Waals surface area contributed by atoms with Crippen LogP contribution in [0.2, 0.25) is 0 Å². The molecule has 1 unspecified atom stereocenters. The van der Waals surface area contributed by atoms with Crippen molar-refractivity contribution in [3.8, 4) is 5.75 Å². The first-order valence-corrected chi connectivity index (χ1v) is 11.2. The van der Waals surface area contributed by atoms with Crippen molar-refractivity contribution in [2.45, 2.75) is 36.6 Å². The van der Waals surface area contributed by atoms with E-state index in [9.17, 15) is 24.6 Å². The highest BCUT2D eigenvalue weighted by Crippen LogP contribution is 2.28. The molecule has 4 N–H and O–H groups in total. The number of phenols is 1. The molecule has 2 amide bonds. The molecular weight excluding hydrogens is 424 g/mol. The van der Waals surface area contributed by atoms with Gasteiger partial charge in [-0.2, -0.15) is 0 Å². The van der Waals surface area contributed by atoms with Crippen LogP contribution in [0.3, 0.4) is 0 Å². The standard InChI is InChI=1S/C21H22N2O5S2/c24-14-7-5-13(6-8-14)11-17(21(27)28)23-19(25)16(12-15-3-1-9-29-15)22-20(26)18-4-2-10-30-18/h1-2,4-10,15-17,24H,3,11-12H2,(H,22,26)(H,23,25)(H,27,28)/t15?,16-,17-/m0/s1. The minimum Gasteiger partial charge on any atom is -0.508 e. The summed E-state index contributed by atoms with van der Waals surface area (Å²) in [5.74, 6) is -1.98. The summed E-state index contributed by atoms with van der Waals surface area (Å²) in [5.41, 5.74) is 0.662. The third kappa shape index (κ3) is 6.11. The number of carboxylic acid groups (broad SMARTS) is 1. The van der Waals surface area contributed by atoms with Gasteiger partial charge in [-0.3, -0.25) is 9.59 Å². The molecule has 30 heavy (non-hydrogen) atoms. The SMILES string of the molecule is O=C(N[C@@H](CC1CC=CS1)C(=O)N[C@@H](Cc1ccc(O)cc1)C(=O)O)c1cccs1. The first-order valence-electron chi connectivity index (χ1n) is 9.38. The molecule has 0 saturated heterocycles. The molecule has 0 radical (unpaired) electrons. The van der Waals surface area contributed by atoms with Crippen LogP contribution in [0.15, 0.2) is 53.3 Å². The van der Waals surface area contributed by atoms with E-state index in [1.54, 1.807) is 41.4 Å². The lowest BCUT2D eigenvalue weighted by atomic mass is 10.0. The van der Waals surface area contributed by atoms with E-state index in [0.717, 1.165) is 6.42 Å². The number of benzene rings is 1. The second kappa shape index (κ2) is 10.3. The van der Waals surface area contributed by atoms with Crippen LogP contribution in [-0.4, -0.2) is 45.3 Å². The zero-order valence-corrected chi connectivity index (χ0v) is 17.6. The fraction of sp³-hybridized carbons (Fsp3) is 0.286. The van der Waals surface area contributed by atoms with Crippen molar-refractivity contribution in [2.24, 2.45) is 0 Å². The smallest absolute Gasteiger partial charge is 0.326 e. The van der Waals surface area contributed by atoms with Gasteiger partial charge in [0.05, 0.1) is 4.88 Å². The van der Waals surface area contributed by atoms with E-state index in [4.69, 9.17) is 0 Å². The molecule has 1 aromatic carbocycles. The van der Waals surface area contributed by atoms with Crippen LogP contribution >= 0.6 is 23.1 Å². The van der Waals surface area contributed by atoms with E-state index < -0.39 is 24.0 Å². The minimum absolute atomic E-state index is 0.0622. The Bertz CT molecular complexity index is 904. The van der Waals surface area contributed by atoms with Crippen molar-refractivity contribution < 1.29 is 24.6 Å². The van der Waals surface area contributed by atoms with Gasteiger partial charge >= 0.3 is 5.97 Å². The van der Waals surface area contributed by atoms with Crippen LogP contribution in [0, 0.1) is 0 Å². The number of carbonyl (C=O) groups is 3. The molecule has 9 heteroatoms. The van der Waals surface area contributed by atoms with Gasteiger partial charge in [0.15, 0.2) is 0 Å². The van der Waals surface area contributed by atoms with E-state index in [1.807, 2.05) is 11.5 Å². The van der Waals surface area contributed by atoms with Crippen LogP contribution in [0.1, 0.15) is 28.1 Å². The van der Waals surface area contributed by atoms with Gasteiger partial charge in [-0.1, -0.05) is 24.3 Å². The molecule has 1 aliphatic heterocycles. The molecule has 3 atom stereocenters. The van der Waals surface area contributed by atoms with E-state index in [2.05, 4.69) is 10.6 Å². The van der Waals surface area contributed by atoms with Gasteiger partial charge in [-0.25, -0.2) is 4.79 Å². The van der Waals surface area contributed by atoms with Crippen molar-refractivity contribution >= 4 is 40.9 Å². The number of carbonyl (C=O) groups excluding carboxylic acids is 2. The number of rotatable bonds is 9. The van der Waals surface area contributed by atoms with E-state index in [1.165, 1.54) is 23.5 Å². The number of allylic oxidation sites excluding steroid dienone is 1. The molecule has 0 saturated carbocycles. The summed E-state index contributed by atoms with van der Waals surface area (Å²) in [6.07, 6.45) is 3.26. The van der Waals surface area contributed by atoms with Gasteiger partial charge in [0.1, 0.15) is 17.8 Å². The van der Waals surface area contributed by atoms with E-state index in [-0.39, 0.29) is 23.3 Å². The Morgan fingerprint density at radius 3 is 2.47 bits per heavy atom. The fourth-order valence-corrected chi connectivity index (χ4v) is 4.65. The normalized spacial score (nSPS) is 17.3. The third-order valence-corrected chi connectivity index (χ3v) is 6.61. The fourth-order valence-electron chi connectivity index (χ4n) is 3.05. The third-order valence-electron chi connectivity index (χ3n) is 4.62. The summed E-state index contributed by atoms with van der Waals surface area (Å²) in [5, 5.41) is 28.2. The van der Waals surface area contributed by atoms with Gasteiger partial charge in [-0.05, 0) is 47.4 Å². The first kappa shape index (κ1) is 21.9. The zero-order chi connectivity index (χ0) is 21.5. The van der Waals surface area contributed by atoms with Crippen molar-refractivity contribution in [1.82, 2.24) is 10.6 Å². The Morgan fingerprint density at radius 1 is 1.10 bits per heavy atom. The first-order chi connectivity index (χ1) is 14.4.